The zero-order chi connectivity index (χ0) is 11.4. The molecule has 3 heteroatoms. The van der Waals surface area contributed by atoms with Gasteiger partial charge in [0.2, 0.25) is 0 Å². The van der Waals surface area contributed by atoms with E-state index in [1.54, 1.807) is 0 Å². The Bertz CT molecular complexity index is 340. The fourth-order valence-electron chi connectivity index (χ4n) is 2.49. The van der Waals surface area contributed by atoms with Gasteiger partial charge < -0.3 is 5.73 Å². The molecule has 0 amide bonds. The Kier molecular flexibility index (Phi) is 4.22. The number of benzene rings is 1. The molecule has 1 aromatic rings. The maximum Gasteiger partial charge on any atom is 0.0409 e. The van der Waals surface area contributed by atoms with Crippen molar-refractivity contribution in [3.8, 4) is 0 Å². The topological polar surface area (TPSA) is 29.3 Å². The summed E-state index contributed by atoms with van der Waals surface area (Å²) < 4.78 is 0. The van der Waals surface area contributed by atoms with E-state index in [2.05, 4.69) is 17.0 Å². The molecular weight excluding hydrogens is 220 g/mol. The van der Waals surface area contributed by atoms with Crippen molar-refractivity contribution in [2.24, 2.45) is 5.73 Å². The van der Waals surface area contributed by atoms with E-state index < -0.39 is 0 Å². The third kappa shape index (κ3) is 2.97. The molecule has 1 fully saturated rings. The summed E-state index contributed by atoms with van der Waals surface area (Å²) in [4.78, 5) is 2.53. The quantitative estimate of drug-likeness (QED) is 0.874. The molecule has 1 aliphatic rings. The summed E-state index contributed by atoms with van der Waals surface area (Å²) in [5.41, 5.74) is 6.94. The standard InChI is InChI=1S/C13H19ClN2/c14-12-4-1-3-11(9-12)10-16-8-2-5-13(16)6-7-15/h1,3-4,9,13H,2,5-8,10,15H2. The molecule has 2 rings (SSSR count). The first-order chi connectivity index (χ1) is 7.79. The Morgan fingerprint density at radius 1 is 1.44 bits per heavy atom. The van der Waals surface area contributed by atoms with Gasteiger partial charge in [-0.05, 0) is 50.0 Å². The summed E-state index contributed by atoms with van der Waals surface area (Å²) >= 11 is 5.99. The van der Waals surface area contributed by atoms with Gasteiger partial charge in [-0.1, -0.05) is 23.7 Å². The Labute approximate surface area is 102 Å². The molecule has 88 valence electrons. The van der Waals surface area contributed by atoms with Gasteiger partial charge in [0.1, 0.15) is 0 Å². The van der Waals surface area contributed by atoms with Gasteiger partial charge in [0.05, 0.1) is 0 Å². The Balaban J connectivity index is 1.98. The molecule has 1 heterocycles. The molecule has 1 atom stereocenters. The van der Waals surface area contributed by atoms with Crippen LogP contribution in [0, 0.1) is 0 Å². The van der Waals surface area contributed by atoms with E-state index in [1.165, 1.54) is 24.9 Å². The highest BCUT2D eigenvalue weighted by Crippen LogP contribution is 2.22. The molecule has 0 aromatic heterocycles. The highest BCUT2D eigenvalue weighted by molar-refractivity contribution is 6.30. The highest BCUT2D eigenvalue weighted by atomic mass is 35.5. The van der Waals surface area contributed by atoms with Crippen molar-refractivity contribution in [3.63, 3.8) is 0 Å². The number of halogens is 1. The Hall–Kier alpha value is -0.570. The second-order valence-electron chi connectivity index (χ2n) is 4.47. The van der Waals surface area contributed by atoms with Crippen LogP contribution in [0.3, 0.4) is 0 Å². The minimum atomic E-state index is 0.670. The lowest BCUT2D eigenvalue weighted by atomic mass is 10.1. The third-order valence-corrected chi connectivity index (χ3v) is 3.51. The van der Waals surface area contributed by atoms with Crippen LogP contribution < -0.4 is 5.73 Å². The summed E-state index contributed by atoms with van der Waals surface area (Å²) in [7, 11) is 0. The molecule has 16 heavy (non-hydrogen) atoms. The van der Waals surface area contributed by atoms with Gasteiger partial charge in [-0.2, -0.15) is 0 Å². The predicted octanol–water partition coefficient (Wildman–Crippen LogP) is 2.65. The van der Waals surface area contributed by atoms with Crippen molar-refractivity contribution < 1.29 is 0 Å². The van der Waals surface area contributed by atoms with Crippen LogP contribution >= 0.6 is 11.6 Å². The number of hydrogen-bond donors (Lipinski definition) is 1. The fraction of sp³-hybridized carbons (Fsp3) is 0.538. The first-order valence-corrected chi connectivity index (χ1v) is 6.36. The number of rotatable bonds is 4. The zero-order valence-corrected chi connectivity index (χ0v) is 10.3. The lowest BCUT2D eigenvalue weighted by Crippen LogP contribution is -2.30. The molecule has 0 aliphatic carbocycles. The molecule has 0 saturated carbocycles. The van der Waals surface area contributed by atoms with Gasteiger partial charge >= 0.3 is 0 Å². The molecule has 2 nitrogen and oxygen atoms in total. The first-order valence-electron chi connectivity index (χ1n) is 5.98. The lowest BCUT2D eigenvalue weighted by Gasteiger charge is -2.24. The molecule has 2 N–H and O–H groups in total. The smallest absolute Gasteiger partial charge is 0.0409 e. The summed E-state index contributed by atoms with van der Waals surface area (Å²) in [6.45, 7) is 2.99. The number of likely N-dealkylation sites (tertiary alicyclic amines) is 1. The van der Waals surface area contributed by atoms with Crippen molar-refractivity contribution in [2.45, 2.75) is 31.8 Å². The van der Waals surface area contributed by atoms with Gasteiger partial charge in [-0.15, -0.1) is 0 Å². The molecule has 1 unspecified atom stereocenters. The molecule has 0 spiro atoms. The maximum atomic E-state index is 5.99. The van der Waals surface area contributed by atoms with E-state index in [9.17, 15) is 0 Å². The van der Waals surface area contributed by atoms with E-state index >= 15 is 0 Å². The largest absolute Gasteiger partial charge is 0.330 e. The van der Waals surface area contributed by atoms with Crippen LogP contribution in [-0.4, -0.2) is 24.0 Å². The summed E-state index contributed by atoms with van der Waals surface area (Å²) in [6, 6.07) is 8.81. The molecule has 1 saturated heterocycles. The number of nitrogens with two attached hydrogens (primary N) is 1. The second kappa shape index (κ2) is 5.67. The van der Waals surface area contributed by atoms with Crippen LogP contribution in [0.5, 0.6) is 0 Å². The first kappa shape index (κ1) is 11.9. The van der Waals surface area contributed by atoms with Crippen molar-refractivity contribution in [1.82, 2.24) is 4.90 Å². The number of hydrogen-bond acceptors (Lipinski definition) is 2. The molecule has 0 radical (unpaired) electrons. The summed E-state index contributed by atoms with van der Waals surface area (Å²) in [5, 5.41) is 0.826. The Morgan fingerprint density at radius 2 is 2.31 bits per heavy atom. The molecule has 1 aliphatic heterocycles. The van der Waals surface area contributed by atoms with E-state index in [-0.39, 0.29) is 0 Å². The third-order valence-electron chi connectivity index (χ3n) is 3.27. The summed E-state index contributed by atoms with van der Waals surface area (Å²) in [6.07, 6.45) is 3.70. The minimum Gasteiger partial charge on any atom is -0.330 e. The van der Waals surface area contributed by atoms with Crippen LogP contribution in [0.15, 0.2) is 24.3 Å². The number of nitrogens with zero attached hydrogens (tertiary/aromatic N) is 1. The van der Waals surface area contributed by atoms with Crippen molar-refractivity contribution >= 4 is 11.6 Å². The van der Waals surface area contributed by atoms with Crippen LogP contribution in [0.25, 0.3) is 0 Å². The van der Waals surface area contributed by atoms with E-state index in [4.69, 9.17) is 17.3 Å². The van der Waals surface area contributed by atoms with Gasteiger partial charge in [0.15, 0.2) is 0 Å². The highest BCUT2D eigenvalue weighted by Gasteiger charge is 2.23. The van der Waals surface area contributed by atoms with Gasteiger partial charge in [0.25, 0.3) is 0 Å². The monoisotopic (exact) mass is 238 g/mol. The van der Waals surface area contributed by atoms with Gasteiger partial charge in [-0.3, -0.25) is 4.90 Å². The SMILES string of the molecule is NCCC1CCCN1Cc1cccc(Cl)c1. The van der Waals surface area contributed by atoms with Crippen molar-refractivity contribution in [1.29, 1.82) is 0 Å². The Morgan fingerprint density at radius 3 is 3.06 bits per heavy atom. The fourth-order valence-corrected chi connectivity index (χ4v) is 2.71. The van der Waals surface area contributed by atoms with E-state index in [0.717, 1.165) is 24.5 Å². The second-order valence-corrected chi connectivity index (χ2v) is 4.91. The van der Waals surface area contributed by atoms with Crippen LogP contribution in [0.4, 0.5) is 0 Å². The van der Waals surface area contributed by atoms with Crippen molar-refractivity contribution in [2.75, 3.05) is 13.1 Å². The van der Waals surface area contributed by atoms with Gasteiger partial charge in [0, 0.05) is 17.6 Å². The van der Waals surface area contributed by atoms with E-state index in [0.29, 0.717) is 6.04 Å². The minimum absolute atomic E-state index is 0.670. The molecule has 1 aromatic carbocycles. The molecule has 0 bridgehead atoms. The predicted molar refractivity (Wildman–Crippen MR) is 68.6 cm³/mol. The van der Waals surface area contributed by atoms with Crippen LogP contribution in [0.1, 0.15) is 24.8 Å². The average Bonchev–Trinajstić information content (AvgIpc) is 2.66. The zero-order valence-electron chi connectivity index (χ0n) is 9.53. The lowest BCUT2D eigenvalue weighted by molar-refractivity contribution is 0.237. The van der Waals surface area contributed by atoms with Crippen LogP contribution in [-0.2, 0) is 6.54 Å². The maximum absolute atomic E-state index is 5.99. The molecular formula is C13H19ClN2. The van der Waals surface area contributed by atoms with Gasteiger partial charge in [-0.25, -0.2) is 0 Å². The summed E-state index contributed by atoms with van der Waals surface area (Å²) in [5.74, 6) is 0. The average molecular weight is 239 g/mol. The normalized spacial score (nSPS) is 21.5. The van der Waals surface area contributed by atoms with Crippen LogP contribution in [0.2, 0.25) is 5.02 Å². The van der Waals surface area contributed by atoms with Crippen molar-refractivity contribution in [3.05, 3.63) is 34.9 Å². The van der Waals surface area contributed by atoms with E-state index in [1.807, 2.05) is 12.1 Å².